The van der Waals surface area contributed by atoms with Crippen molar-refractivity contribution >= 4 is 15.8 Å². The fourth-order valence-corrected chi connectivity index (χ4v) is 3.68. The maximum Gasteiger partial charge on any atom is 0.310 e. The van der Waals surface area contributed by atoms with Gasteiger partial charge in [0.1, 0.15) is 0 Å². The number of hydrogen-bond donors (Lipinski definition) is 1. The summed E-state index contributed by atoms with van der Waals surface area (Å²) in [5.41, 5.74) is 1.39. The number of rotatable bonds is 2. The Morgan fingerprint density at radius 3 is 2.71 bits per heavy atom. The molecule has 1 aromatic rings. The van der Waals surface area contributed by atoms with Crippen LogP contribution in [-0.2, 0) is 21.1 Å². The molecule has 2 rings (SSSR count). The van der Waals surface area contributed by atoms with E-state index in [1.54, 1.807) is 26.0 Å². The molecule has 4 nitrogen and oxygen atoms in total. The molecule has 1 N–H and O–H groups in total. The summed E-state index contributed by atoms with van der Waals surface area (Å²) < 4.78 is 23.8. The van der Waals surface area contributed by atoms with Crippen molar-refractivity contribution in [2.75, 3.05) is 0 Å². The minimum atomic E-state index is -3.19. The van der Waals surface area contributed by atoms with Gasteiger partial charge in [-0.2, -0.15) is 0 Å². The Hall–Kier alpha value is -1.36. The van der Waals surface area contributed by atoms with Crippen molar-refractivity contribution in [1.82, 2.24) is 0 Å². The van der Waals surface area contributed by atoms with Gasteiger partial charge in [0, 0.05) is 0 Å². The van der Waals surface area contributed by atoms with E-state index in [9.17, 15) is 13.2 Å². The van der Waals surface area contributed by atoms with Gasteiger partial charge in [0.2, 0.25) is 0 Å². The second kappa shape index (κ2) is 3.84. The number of benzene rings is 1. The lowest BCUT2D eigenvalue weighted by atomic mass is 9.98. The van der Waals surface area contributed by atoms with Crippen molar-refractivity contribution in [1.29, 1.82) is 0 Å². The minimum absolute atomic E-state index is 0.353. The first-order valence-corrected chi connectivity index (χ1v) is 6.98. The molecule has 5 heteroatoms. The maximum atomic E-state index is 11.9. The third kappa shape index (κ3) is 1.84. The number of fused-ring (bicyclic) bond motifs is 1. The van der Waals surface area contributed by atoms with Gasteiger partial charge in [0.15, 0.2) is 9.84 Å². The molecule has 0 amide bonds. The van der Waals surface area contributed by atoms with Crippen LogP contribution in [0.15, 0.2) is 23.1 Å². The molecule has 0 saturated carbocycles. The van der Waals surface area contributed by atoms with Crippen molar-refractivity contribution in [3.63, 3.8) is 0 Å². The van der Waals surface area contributed by atoms with Crippen LogP contribution in [0.3, 0.4) is 0 Å². The van der Waals surface area contributed by atoms with Crippen LogP contribution >= 0.6 is 0 Å². The molecule has 92 valence electrons. The summed E-state index contributed by atoms with van der Waals surface area (Å²) in [5, 5.41) is 8.51. The molecule has 0 fully saturated rings. The molecule has 1 heterocycles. The van der Waals surface area contributed by atoms with Crippen LogP contribution in [0.1, 0.15) is 30.9 Å². The van der Waals surface area contributed by atoms with Crippen LogP contribution in [0.25, 0.3) is 0 Å². The average molecular weight is 254 g/mol. The zero-order valence-electron chi connectivity index (χ0n) is 9.67. The van der Waals surface area contributed by atoms with Gasteiger partial charge in [-0.05, 0) is 37.5 Å². The Labute approximate surface area is 100 Å². The summed E-state index contributed by atoms with van der Waals surface area (Å²) in [4.78, 5) is 11.2. The van der Waals surface area contributed by atoms with Gasteiger partial charge >= 0.3 is 5.97 Å². The lowest BCUT2D eigenvalue weighted by Crippen LogP contribution is -2.11. The molecule has 1 aromatic carbocycles. The van der Waals surface area contributed by atoms with E-state index in [2.05, 4.69) is 0 Å². The predicted octanol–water partition coefficient (Wildman–Crippen LogP) is 1.59. The van der Waals surface area contributed by atoms with E-state index < -0.39 is 27.0 Å². The SMILES string of the molecule is CC(C(=O)O)c1ccc2c(c1)CC(C)S2(=O)=O. The monoisotopic (exact) mass is 254 g/mol. The number of sulfone groups is 1. The van der Waals surface area contributed by atoms with Crippen molar-refractivity contribution in [3.05, 3.63) is 29.3 Å². The lowest BCUT2D eigenvalue weighted by molar-refractivity contribution is -0.138. The topological polar surface area (TPSA) is 71.4 Å². The van der Waals surface area contributed by atoms with Crippen LogP contribution < -0.4 is 0 Å². The largest absolute Gasteiger partial charge is 0.481 e. The van der Waals surface area contributed by atoms with Gasteiger partial charge in [-0.25, -0.2) is 8.42 Å². The van der Waals surface area contributed by atoms with Crippen LogP contribution in [0.2, 0.25) is 0 Å². The zero-order valence-corrected chi connectivity index (χ0v) is 10.5. The molecule has 0 bridgehead atoms. The molecule has 0 spiro atoms. The third-order valence-electron chi connectivity index (χ3n) is 3.30. The number of hydrogen-bond acceptors (Lipinski definition) is 3. The highest BCUT2D eigenvalue weighted by molar-refractivity contribution is 7.92. The summed E-state index contributed by atoms with van der Waals surface area (Å²) in [6, 6.07) is 4.82. The van der Waals surface area contributed by atoms with Crippen LogP contribution in [0, 0.1) is 0 Å². The lowest BCUT2D eigenvalue weighted by Gasteiger charge is -2.08. The van der Waals surface area contributed by atoms with Crippen molar-refractivity contribution in [2.45, 2.75) is 36.3 Å². The van der Waals surface area contributed by atoms with E-state index in [1.165, 1.54) is 6.07 Å². The summed E-state index contributed by atoms with van der Waals surface area (Å²) in [5.74, 6) is -1.52. The molecule has 2 unspecified atom stereocenters. The average Bonchev–Trinajstić information content (AvgIpc) is 2.48. The van der Waals surface area contributed by atoms with E-state index in [1.807, 2.05) is 0 Å². The molecule has 0 aromatic heterocycles. The van der Waals surface area contributed by atoms with Gasteiger partial charge in [-0.3, -0.25) is 4.79 Å². The second-order valence-electron chi connectivity index (χ2n) is 4.49. The number of carbonyl (C=O) groups is 1. The molecule has 0 aliphatic carbocycles. The number of aliphatic carboxylic acids is 1. The Bertz CT molecular complexity index is 574. The van der Waals surface area contributed by atoms with Crippen molar-refractivity contribution in [2.24, 2.45) is 0 Å². The van der Waals surface area contributed by atoms with E-state index >= 15 is 0 Å². The van der Waals surface area contributed by atoms with Crippen LogP contribution in [-0.4, -0.2) is 24.7 Å². The molecule has 0 saturated heterocycles. The highest BCUT2D eigenvalue weighted by atomic mass is 32.2. The molecule has 0 radical (unpaired) electrons. The van der Waals surface area contributed by atoms with E-state index in [4.69, 9.17) is 5.11 Å². The van der Waals surface area contributed by atoms with E-state index in [0.29, 0.717) is 16.9 Å². The Balaban J connectivity index is 2.49. The zero-order chi connectivity index (χ0) is 12.8. The maximum absolute atomic E-state index is 11.9. The standard InChI is InChI=1S/C12H14O4S/c1-7-5-10-6-9(8(2)12(13)14)3-4-11(10)17(7,15)16/h3-4,6-8H,5H2,1-2H3,(H,13,14). The van der Waals surface area contributed by atoms with Gasteiger partial charge in [0.25, 0.3) is 0 Å². The number of carboxylic acids is 1. The minimum Gasteiger partial charge on any atom is -0.481 e. The Morgan fingerprint density at radius 1 is 1.47 bits per heavy atom. The quantitative estimate of drug-likeness (QED) is 0.870. The molecule has 1 aliphatic rings. The van der Waals surface area contributed by atoms with Crippen LogP contribution in [0.4, 0.5) is 0 Å². The fraction of sp³-hybridized carbons (Fsp3) is 0.417. The van der Waals surface area contributed by atoms with Gasteiger partial charge in [0.05, 0.1) is 16.1 Å². The molecule has 17 heavy (non-hydrogen) atoms. The van der Waals surface area contributed by atoms with E-state index in [0.717, 1.165) is 5.56 Å². The third-order valence-corrected chi connectivity index (χ3v) is 5.54. The summed E-state index contributed by atoms with van der Waals surface area (Å²) in [6.07, 6.45) is 0.470. The van der Waals surface area contributed by atoms with Crippen molar-refractivity contribution < 1.29 is 18.3 Å². The first kappa shape index (κ1) is 12.1. The highest BCUT2D eigenvalue weighted by Crippen LogP contribution is 2.33. The van der Waals surface area contributed by atoms with Crippen molar-refractivity contribution in [3.8, 4) is 0 Å². The Kier molecular flexibility index (Phi) is 2.73. The first-order valence-electron chi connectivity index (χ1n) is 5.43. The summed E-state index contributed by atoms with van der Waals surface area (Å²) >= 11 is 0. The molecular weight excluding hydrogens is 240 g/mol. The Morgan fingerprint density at radius 2 is 2.12 bits per heavy atom. The summed E-state index contributed by atoms with van der Waals surface area (Å²) in [6.45, 7) is 3.27. The van der Waals surface area contributed by atoms with Gasteiger partial charge in [-0.15, -0.1) is 0 Å². The van der Waals surface area contributed by atoms with E-state index in [-0.39, 0.29) is 0 Å². The second-order valence-corrected chi connectivity index (χ2v) is 6.82. The fourth-order valence-electron chi connectivity index (χ4n) is 2.08. The normalized spacial score (nSPS) is 23.1. The molecule has 2 atom stereocenters. The number of carboxylic acid groups (broad SMARTS) is 1. The highest BCUT2D eigenvalue weighted by Gasteiger charge is 2.34. The predicted molar refractivity (Wildman–Crippen MR) is 62.8 cm³/mol. The first-order chi connectivity index (χ1) is 7.84. The van der Waals surface area contributed by atoms with Crippen LogP contribution in [0.5, 0.6) is 0 Å². The summed E-state index contributed by atoms with van der Waals surface area (Å²) in [7, 11) is -3.19. The smallest absolute Gasteiger partial charge is 0.310 e. The molecular formula is C12H14O4S. The van der Waals surface area contributed by atoms with Gasteiger partial charge < -0.3 is 5.11 Å². The molecule has 1 aliphatic heterocycles. The van der Waals surface area contributed by atoms with Gasteiger partial charge in [-0.1, -0.05) is 12.1 Å².